The fourth-order valence-corrected chi connectivity index (χ4v) is 8.78. The van der Waals surface area contributed by atoms with Crippen molar-refractivity contribution < 1.29 is 4.74 Å². The van der Waals surface area contributed by atoms with Crippen molar-refractivity contribution >= 4 is 57.2 Å². The monoisotopic (exact) mass is 736 g/mol. The van der Waals surface area contributed by atoms with Gasteiger partial charge in [0.05, 0.1) is 0 Å². The van der Waals surface area contributed by atoms with Crippen LogP contribution in [0.25, 0.3) is 0 Å². The number of fused-ring (bicyclic) bond motifs is 4. The Labute approximate surface area is 336 Å². The van der Waals surface area contributed by atoms with E-state index in [0.29, 0.717) is 0 Å². The normalized spacial score (nSPS) is 12.7. The Morgan fingerprint density at radius 1 is 0.411 bits per heavy atom. The van der Waals surface area contributed by atoms with E-state index in [-0.39, 0.29) is 6.71 Å². The summed E-state index contributed by atoms with van der Waals surface area (Å²) in [6, 6.07) is 48.2. The maximum atomic E-state index is 6.79. The maximum Gasteiger partial charge on any atom is 0.252 e. The van der Waals surface area contributed by atoms with Crippen molar-refractivity contribution in [3.8, 4) is 11.5 Å². The summed E-state index contributed by atoms with van der Waals surface area (Å²) in [4.78, 5) is 5.04. The minimum absolute atomic E-state index is 0.0825. The lowest BCUT2D eigenvalue weighted by molar-refractivity contribution is 0.483. The highest BCUT2D eigenvalue weighted by Crippen LogP contribution is 2.46. The topological polar surface area (TPSA) is 15.7 Å². The zero-order chi connectivity index (χ0) is 38.4. The van der Waals surface area contributed by atoms with Crippen LogP contribution < -0.4 is 30.9 Å². The first-order valence-corrected chi connectivity index (χ1v) is 21.5. The van der Waals surface area contributed by atoms with Crippen LogP contribution in [-0.2, 0) is 25.7 Å². The standard InChI is InChI=1S/C52H57BN2O/c1-5-9-16-38-22-28-42(29-23-38)54-48-32-26-40(18-11-7-3)34-46(48)53-47-35-41(19-12-8-4)27-33-49(47)55(43-30-24-39(25-31-43)17-10-6-2)51-37-45(36-50(54)52(51)53)56-44-20-14-13-15-21-44/h13-15,20-37H,5-12,16-19H2,1-4H3. The third-order valence-electron chi connectivity index (χ3n) is 11.8. The number of hydrogen-bond donors (Lipinski definition) is 0. The fourth-order valence-electron chi connectivity index (χ4n) is 8.78. The van der Waals surface area contributed by atoms with Crippen LogP contribution in [0, 0.1) is 0 Å². The minimum Gasteiger partial charge on any atom is -0.457 e. The Kier molecular flexibility index (Phi) is 11.6. The molecule has 0 aromatic heterocycles. The number of para-hydroxylation sites is 1. The van der Waals surface area contributed by atoms with Gasteiger partial charge < -0.3 is 14.5 Å². The summed E-state index contributed by atoms with van der Waals surface area (Å²) in [7, 11) is 0. The van der Waals surface area contributed by atoms with Crippen molar-refractivity contribution in [2.75, 3.05) is 9.80 Å². The van der Waals surface area contributed by atoms with Gasteiger partial charge in [-0.05, 0) is 139 Å². The molecule has 284 valence electrons. The summed E-state index contributed by atoms with van der Waals surface area (Å²) < 4.78 is 6.79. The molecule has 0 unspecified atom stereocenters. The fraction of sp³-hybridized carbons (Fsp3) is 0.308. The van der Waals surface area contributed by atoms with E-state index >= 15 is 0 Å². The minimum atomic E-state index is 0.0825. The molecule has 0 atom stereocenters. The lowest BCUT2D eigenvalue weighted by Gasteiger charge is -2.44. The van der Waals surface area contributed by atoms with Gasteiger partial charge in [0.25, 0.3) is 6.71 Å². The molecule has 6 aromatic carbocycles. The summed E-state index contributed by atoms with van der Waals surface area (Å²) >= 11 is 0. The molecule has 6 aromatic rings. The SMILES string of the molecule is CCCCc1ccc(N2c3ccc(CCCC)cc3B3c4cc(CCCC)ccc4N(c4ccc(CCCC)cc4)c4cc(Oc5ccccc5)cc2c43)cc1. The van der Waals surface area contributed by atoms with Crippen LogP contribution in [0.4, 0.5) is 34.1 Å². The first kappa shape index (κ1) is 37.7. The van der Waals surface area contributed by atoms with E-state index in [2.05, 4.69) is 135 Å². The molecule has 0 radical (unpaired) electrons. The molecule has 56 heavy (non-hydrogen) atoms. The van der Waals surface area contributed by atoms with E-state index in [1.54, 1.807) is 0 Å². The predicted octanol–water partition coefficient (Wildman–Crippen LogP) is 12.9. The highest BCUT2D eigenvalue weighted by Gasteiger charge is 2.44. The Balaban J connectivity index is 1.39. The Morgan fingerprint density at radius 3 is 1.25 bits per heavy atom. The van der Waals surface area contributed by atoms with E-state index in [1.165, 1.54) is 124 Å². The van der Waals surface area contributed by atoms with Crippen LogP contribution in [0.15, 0.2) is 127 Å². The predicted molar refractivity (Wildman–Crippen MR) is 241 cm³/mol. The lowest BCUT2D eigenvalue weighted by atomic mass is 9.33. The summed E-state index contributed by atoms with van der Waals surface area (Å²) in [5.74, 6) is 1.67. The van der Waals surface area contributed by atoms with Crippen LogP contribution in [0.1, 0.15) is 101 Å². The zero-order valence-electron chi connectivity index (χ0n) is 34.0. The third-order valence-corrected chi connectivity index (χ3v) is 11.8. The number of rotatable bonds is 16. The van der Waals surface area contributed by atoms with Crippen molar-refractivity contribution in [3.05, 3.63) is 150 Å². The summed E-state index contributed by atoms with van der Waals surface area (Å²) in [5.41, 5.74) is 17.0. The molecule has 0 N–H and O–H groups in total. The van der Waals surface area contributed by atoms with Crippen LogP contribution in [0.3, 0.4) is 0 Å². The number of ether oxygens (including phenoxy) is 1. The number of nitrogens with zero attached hydrogens (tertiary/aromatic N) is 2. The van der Waals surface area contributed by atoms with Crippen LogP contribution >= 0.6 is 0 Å². The van der Waals surface area contributed by atoms with Crippen molar-refractivity contribution in [1.82, 2.24) is 0 Å². The van der Waals surface area contributed by atoms with Gasteiger partial charge in [-0.2, -0.15) is 0 Å². The van der Waals surface area contributed by atoms with Gasteiger partial charge in [0.2, 0.25) is 0 Å². The number of anilines is 6. The average Bonchev–Trinajstić information content (AvgIpc) is 3.24. The molecule has 0 amide bonds. The lowest BCUT2D eigenvalue weighted by Crippen LogP contribution is -2.61. The molecule has 2 aliphatic heterocycles. The molecule has 4 heteroatoms. The highest BCUT2D eigenvalue weighted by atomic mass is 16.5. The Hall–Kier alpha value is -5.22. The Morgan fingerprint density at radius 2 is 0.821 bits per heavy atom. The van der Waals surface area contributed by atoms with Gasteiger partial charge in [0, 0.05) is 46.3 Å². The molecule has 0 saturated carbocycles. The molecule has 0 saturated heterocycles. The van der Waals surface area contributed by atoms with E-state index < -0.39 is 0 Å². The van der Waals surface area contributed by atoms with Gasteiger partial charge in [0.15, 0.2) is 0 Å². The quantitative estimate of drug-likeness (QED) is 0.0919. The number of benzene rings is 6. The number of hydrogen-bond acceptors (Lipinski definition) is 3. The second-order valence-electron chi connectivity index (χ2n) is 15.9. The smallest absolute Gasteiger partial charge is 0.252 e. The molecule has 0 fully saturated rings. The summed E-state index contributed by atoms with van der Waals surface area (Å²) in [6.45, 7) is 9.21. The van der Waals surface area contributed by atoms with Gasteiger partial charge in [-0.15, -0.1) is 0 Å². The van der Waals surface area contributed by atoms with E-state index in [9.17, 15) is 0 Å². The van der Waals surface area contributed by atoms with Gasteiger partial charge in [-0.3, -0.25) is 0 Å². The van der Waals surface area contributed by atoms with E-state index in [0.717, 1.165) is 37.2 Å². The zero-order valence-corrected chi connectivity index (χ0v) is 34.0. The van der Waals surface area contributed by atoms with Crippen molar-refractivity contribution in [3.63, 3.8) is 0 Å². The molecule has 2 heterocycles. The molecular formula is C52H57BN2O. The summed E-state index contributed by atoms with van der Waals surface area (Å²) in [5, 5.41) is 0. The molecule has 3 nitrogen and oxygen atoms in total. The second-order valence-corrected chi connectivity index (χ2v) is 15.9. The molecule has 0 bridgehead atoms. The maximum absolute atomic E-state index is 6.79. The van der Waals surface area contributed by atoms with Gasteiger partial charge in [-0.1, -0.05) is 120 Å². The van der Waals surface area contributed by atoms with Crippen molar-refractivity contribution in [2.24, 2.45) is 0 Å². The summed E-state index contributed by atoms with van der Waals surface area (Å²) in [6.07, 6.45) is 13.9. The van der Waals surface area contributed by atoms with Gasteiger partial charge in [-0.25, -0.2) is 0 Å². The van der Waals surface area contributed by atoms with Crippen molar-refractivity contribution in [2.45, 2.75) is 105 Å². The Bertz CT molecular complexity index is 2110. The molecular weight excluding hydrogens is 679 g/mol. The molecule has 0 aliphatic carbocycles. The van der Waals surface area contributed by atoms with Gasteiger partial charge >= 0.3 is 0 Å². The van der Waals surface area contributed by atoms with Crippen LogP contribution in [0.2, 0.25) is 0 Å². The average molecular weight is 737 g/mol. The second kappa shape index (κ2) is 17.3. The van der Waals surface area contributed by atoms with E-state index in [4.69, 9.17) is 4.74 Å². The van der Waals surface area contributed by atoms with Gasteiger partial charge in [0.1, 0.15) is 11.5 Å². The number of unbranched alkanes of at least 4 members (excludes halogenated alkanes) is 4. The number of aryl methyl sites for hydroxylation is 4. The molecule has 2 aliphatic rings. The highest BCUT2D eigenvalue weighted by molar-refractivity contribution is 7.00. The van der Waals surface area contributed by atoms with E-state index in [1.807, 2.05) is 30.3 Å². The van der Waals surface area contributed by atoms with Crippen LogP contribution in [0.5, 0.6) is 11.5 Å². The first-order chi connectivity index (χ1) is 27.6. The third kappa shape index (κ3) is 7.64. The first-order valence-electron chi connectivity index (χ1n) is 21.5. The molecule has 8 rings (SSSR count). The van der Waals surface area contributed by atoms with Crippen molar-refractivity contribution in [1.29, 1.82) is 0 Å². The largest absolute Gasteiger partial charge is 0.457 e. The van der Waals surface area contributed by atoms with Crippen LogP contribution in [-0.4, -0.2) is 6.71 Å². The molecule has 0 spiro atoms.